The Bertz CT molecular complexity index is 1140. The van der Waals surface area contributed by atoms with Crippen molar-refractivity contribution >= 4 is 22.6 Å². The number of aromatic nitrogens is 3. The van der Waals surface area contributed by atoms with E-state index in [2.05, 4.69) is 20.6 Å². The molecule has 6 nitrogen and oxygen atoms in total. The summed E-state index contributed by atoms with van der Waals surface area (Å²) < 4.78 is 0. The van der Waals surface area contributed by atoms with Crippen molar-refractivity contribution in [1.82, 2.24) is 20.3 Å². The molecule has 4 rings (SSSR count). The normalized spacial score (nSPS) is 10.7. The molecule has 0 saturated carbocycles. The maximum Gasteiger partial charge on any atom is 0.251 e. The standard InChI is InChI=1S/C23H21N5O/c1-24-23(29)17-7-4-6-16(14-17)11-13-26-22-19-9-2-3-10-20(19)27-21(28-22)18-8-5-12-25-15-18/h2-10,12,14-15H,11,13H2,1H3,(H,24,29)(H,26,27,28). The lowest BCUT2D eigenvalue weighted by Crippen LogP contribution is -2.18. The third kappa shape index (κ3) is 4.21. The van der Waals surface area contributed by atoms with Crippen molar-refractivity contribution in [3.8, 4) is 11.4 Å². The zero-order valence-electron chi connectivity index (χ0n) is 16.1. The van der Waals surface area contributed by atoms with Crippen molar-refractivity contribution in [3.63, 3.8) is 0 Å². The zero-order valence-corrected chi connectivity index (χ0v) is 16.1. The van der Waals surface area contributed by atoms with Crippen molar-refractivity contribution in [3.05, 3.63) is 84.2 Å². The van der Waals surface area contributed by atoms with Crippen molar-refractivity contribution in [1.29, 1.82) is 0 Å². The van der Waals surface area contributed by atoms with Crippen LogP contribution in [0.2, 0.25) is 0 Å². The van der Waals surface area contributed by atoms with Gasteiger partial charge in [0.25, 0.3) is 5.91 Å². The topological polar surface area (TPSA) is 79.8 Å². The first-order valence-corrected chi connectivity index (χ1v) is 9.46. The van der Waals surface area contributed by atoms with Crippen LogP contribution >= 0.6 is 0 Å². The summed E-state index contributed by atoms with van der Waals surface area (Å²) in [4.78, 5) is 25.4. The van der Waals surface area contributed by atoms with Crippen LogP contribution in [0.5, 0.6) is 0 Å². The van der Waals surface area contributed by atoms with Gasteiger partial charge in [0, 0.05) is 42.5 Å². The molecule has 0 radical (unpaired) electrons. The number of hydrogen-bond acceptors (Lipinski definition) is 5. The number of fused-ring (bicyclic) bond motifs is 1. The Hall–Kier alpha value is -3.80. The van der Waals surface area contributed by atoms with Gasteiger partial charge in [0.15, 0.2) is 5.82 Å². The van der Waals surface area contributed by atoms with Crippen LogP contribution in [-0.4, -0.2) is 34.5 Å². The Morgan fingerprint density at radius 3 is 2.72 bits per heavy atom. The van der Waals surface area contributed by atoms with Crippen LogP contribution < -0.4 is 10.6 Å². The molecule has 0 bridgehead atoms. The first kappa shape index (κ1) is 18.6. The van der Waals surface area contributed by atoms with Gasteiger partial charge < -0.3 is 10.6 Å². The Balaban J connectivity index is 1.57. The molecular weight excluding hydrogens is 362 g/mol. The fraction of sp³-hybridized carbons (Fsp3) is 0.130. The number of pyridine rings is 1. The van der Waals surface area contributed by atoms with Crippen LogP contribution in [0.25, 0.3) is 22.3 Å². The molecular formula is C23H21N5O. The predicted octanol–water partition coefficient (Wildman–Crippen LogP) is 3.71. The summed E-state index contributed by atoms with van der Waals surface area (Å²) in [7, 11) is 1.64. The van der Waals surface area contributed by atoms with Gasteiger partial charge >= 0.3 is 0 Å². The molecule has 0 unspecified atom stereocenters. The minimum Gasteiger partial charge on any atom is -0.369 e. The minimum atomic E-state index is -0.0808. The number of amides is 1. The number of carbonyl (C=O) groups excluding carboxylic acids is 1. The Morgan fingerprint density at radius 1 is 1.00 bits per heavy atom. The Labute approximate surface area is 169 Å². The van der Waals surface area contributed by atoms with Gasteiger partial charge in [-0.15, -0.1) is 0 Å². The molecule has 144 valence electrons. The summed E-state index contributed by atoms with van der Waals surface area (Å²) >= 11 is 0. The van der Waals surface area contributed by atoms with E-state index in [0.717, 1.165) is 34.3 Å². The number of para-hydroxylation sites is 1. The van der Waals surface area contributed by atoms with Gasteiger partial charge in [-0.2, -0.15) is 0 Å². The number of carbonyl (C=O) groups is 1. The Morgan fingerprint density at radius 2 is 1.90 bits per heavy atom. The number of anilines is 1. The molecule has 29 heavy (non-hydrogen) atoms. The monoisotopic (exact) mass is 383 g/mol. The number of rotatable bonds is 6. The van der Waals surface area contributed by atoms with E-state index < -0.39 is 0 Å². The molecule has 0 atom stereocenters. The second-order valence-electron chi connectivity index (χ2n) is 6.61. The van der Waals surface area contributed by atoms with Crippen molar-refractivity contribution in [2.24, 2.45) is 0 Å². The molecule has 2 N–H and O–H groups in total. The molecule has 0 aliphatic rings. The molecule has 2 aromatic heterocycles. The Kier molecular flexibility index (Phi) is 5.42. The summed E-state index contributed by atoms with van der Waals surface area (Å²) in [5.74, 6) is 1.35. The quantitative estimate of drug-likeness (QED) is 0.531. The molecule has 4 aromatic rings. The predicted molar refractivity (Wildman–Crippen MR) is 115 cm³/mol. The molecule has 2 aromatic carbocycles. The van der Waals surface area contributed by atoms with E-state index in [9.17, 15) is 4.79 Å². The van der Waals surface area contributed by atoms with Gasteiger partial charge in [-0.25, -0.2) is 9.97 Å². The van der Waals surface area contributed by atoms with Crippen molar-refractivity contribution in [2.75, 3.05) is 18.9 Å². The number of nitrogens with zero attached hydrogens (tertiary/aromatic N) is 3. The van der Waals surface area contributed by atoms with E-state index in [1.165, 1.54) is 0 Å². The van der Waals surface area contributed by atoms with E-state index in [-0.39, 0.29) is 5.91 Å². The lowest BCUT2D eigenvalue weighted by Gasteiger charge is -2.11. The fourth-order valence-electron chi connectivity index (χ4n) is 3.17. The smallest absolute Gasteiger partial charge is 0.251 e. The van der Waals surface area contributed by atoms with Gasteiger partial charge in [-0.05, 0) is 48.4 Å². The highest BCUT2D eigenvalue weighted by atomic mass is 16.1. The van der Waals surface area contributed by atoms with E-state index in [0.29, 0.717) is 17.9 Å². The highest BCUT2D eigenvalue weighted by molar-refractivity contribution is 5.94. The average Bonchev–Trinajstić information content (AvgIpc) is 2.79. The summed E-state index contributed by atoms with van der Waals surface area (Å²) in [6.45, 7) is 0.685. The first-order valence-electron chi connectivity index (χ1n) is 9.46. The third-order valence-corrected chi connectivity index (χ3v) is 4.65. The third-order valence-electron chi connectivity index (χ3n) is 4.65. The largest absolute Gasteiger partial charge is 0.369 e. The van der Waals surface area contributed by atoms with Gasteiger partial charge in [-0.3, -0.25) is 9.78 Å². The highest BCUT2D eigenvalue weighted by Gasteiger charge is 2.09. The highest BCUT2D eigenvalue weighted by Crippen LogP contribution is 2.24. The number of benzene rings is 2. The first-order chi connectivity index (χ1) is 14.2. The molecule has 0 fully saturated rings. The lowest BCUT2D eigenvalue weighted by atomic mass is 10.1. The molecule has 1 amide bonds. The summed E-state index contributed by atoms with van der Waals surface area (Å²) in [6, 6.07) is 19.4. The van der Waals surface area contributed by atoms with Crippen LogP contribution in [0.3, 0.4) is 0 Å². The van der Waals surface area contributed by atoms with Crippen LogP contribution in [0, 0.1) is 0 Å². The van der Waals surface area contributed by atoms with E-state index in [1.807, 2.05) is 60.7 Å². The van der Waals surface area contributed by atoms with Crippen LogP contribution in [-0.2, 0) is 6.42 Å². The second-order valence-corrected chi connectivity index (χ2v) is 6.61. The van der Waals surface area contributed by atoms with Crippen molar-refractivity contribution < 1.29 is 4.79 Å². The maximum absolute atomic E-state index is 11.8. The van der Waals surface area contributed by atoms with Gasteiger partial charge in [-0.1, -0.05) is 24.3 Å². The lowest BCUT2D eigenvalue weighted by molar-refractivity contribution is 0.0963. The number of nitrogens with one attached hydrogen (secondary N) is 2. The second kappa shape index (κ2) is 8.48. The van der Waals surface area contributed by atoms with Gasteiger partial charge in [0.1, 0.15) is 5.82 Å². The minimum absolute atomic E-state index is 0.0808. The number of hydrogen-bond donors (Lipinski definition) is 2. The zero-order chi connectivity index (χ0) is 20.1. The summed E-state index contributed by atoms with van der Waals surface area (Å²) in [5, 5.41) is 7.06. The van der Waals surface area contributed by atoms with Crippen LogP contribution in [0.15, 0.2) is 73.1 Å². The van der Waals surface area contributed by atoms with Crippen molar-refractivity contribution in [2.45, 2.75) is 6.42 Å². The summed E-state index contributed by atoms with van der Waals surface area (Å²) in [5.41, 5.74) is 3.51. The van der Waals surface area contributed by atoms with Crippen LogP contribution in [0.4, 0.5) is 5.82 Å². The molecule has 2 heterocycles. The van der Waals surface area contributed by atoms with Gasteiger partial charge in [0.05, 0.1) is 5.52 Å². The molecule has 6 heteroatoms. The molecule has 0 saturated heterocycles. The molecule has 0 spiro atoms. The molecule has 0 aliphatic carbocycles. The van der Waals surface area contributed by atoms with Crippen LogP contribution in [0.1, 0.15) is 15.9 Å². The van der Waals surface area contributed by atoms with E-state index in [1.54, 1.807) is 19.4 Å². The maximum atomic E-state index is 11.8. The van der Waals surface area contributed by atoms with E-state index >= 15 is 0 Å². The van der Waals surface area contributed by atoms with Gasteiger partial charge in [0.2, 0.25) is 0 Å². The van der Waals surface area contributed by atoms with E-state index in [4.69, 9.17) is 4.98 Å². The SMILES string of the molecule is CNC(=O)c1cccc(CCNc2nc(-c3cccnc3)nc3ccccc23)c1. The average molecular weight is 383 g/mol. The fourth-order valence-corrected chi connectivity index (χ4v) is 3.17. The molecule has 0 aliphatic heterocycles. The summed E-state index contributed by atoms with van der Waals surface area (Å²) in [6.07, 6.45) is 4.26.